The molecule has 1 nitrogen and oxygen atoms in total. The topological polar surface area (TPSA) is 12.9 Å². The summed E-state index contributed by atoms with van der Waals surface area (Å²) in [4.78, 5) is 5.08. The lowest BCUT2D eigenvalue weighted by molar-refractivity contribution is 0.528. The number of hydrogen-bond donors (Lipinski definition) is 0. The third-order valence-corrected chi connectivity index (χ3v) is 9.86. The number of hydrogen-bond acceptors (Lipinski definition) is 1. The predicted molar refractivity (Wildman–Crippen MR) is 200 cm³/mol. The third kappa shape index (κ3) is 27.5. The molecular weight excluding hydrogens is 530 g/mol. The SMILES string of the molecule is C[CH]c1cc(CCCCCCCCCCCCCCCCCC)nc(CCCCCCCCCCCCCCCCCC)c1. The van der Waals surface area contributed by atoms with E-state index in [1.165, 1.54) is 222 Å². The highest BCUT2D eigenvalue weighted by Crippen LogP contribution is 2.18. The molecule has 0 N–H and O–H groups in total. The molecule has 0 fully saturated rings. The van der Waals surface area contributed by atoms with Crippen LogP contribution >= 0.6 is 0 Å². The molecule has 1 aromatic rings. The van der Waals surface area contributed by atoms with E-state index in [-0.39, 0.29) is 0 Å². The van der Waals surface area contributed by atoms with Gasteiger partial charge in [-0.25, -0.2) is 0 Å². The van der Waals surface area contributed by atoms with E-state index in [4.69, 9.17) is 4.98 Å². The zero-order valence-corrected chi connectivity index (χ0v) is 30.7. The number of pyridine rings is 1. The van der Waals surface area contributed by atoms with Gasteiger partial charge in [0.25, 0.3) is 0 Å². The number of rotatable bonds is 35. The van der Waals surface area contributed by atoms with Crippen molar-refractivity contribution in [1.82, 2.24) is 4.98 Å². The number of aromatic nitrogens is 1. The van der Waals surface area contributed by atoms with Gasteiger partial charge in [0, 0.05) is 11.4 Å². The molecule has 1 aromatic heterocycles. The normalized spacial score (nSPS) is 11.5. The zero-order valence-electron chi connectivity index (χ0n) is 30.7. The minimum absolute atomic E-state index is 1.16. The largest absolute Gasteiger partial charge is 0.258 e. The maximum Gasteiger partial charge on any atom is 0.0409 e. The van der Waals surface area contributed by atoms with Crippen molar-refractivity contribution in [3.63, 3.8) is 0 Å². The van der Waals surface area contributed by atoms with Crippen molar-refractivity contribution in [3.05, 3.63) is 35.5 Å². The summed E-state index contributed by atoms with van der Waals surface area (Å²) in [5, 5.41) is 0. The Morgan fingerprint density at radius 2 is 0.591 bits per heavy atom. The molecule has 0 aromatic carbocycles. The van der Waals surface area contributed by atoms with Crippen LogP contribution in [0.2, 0.25) is 0 Å². The van der Waals surface area contributed by atoms with Crippen LogP contribution in [0.3, 0.4) is 0 Å². The van der Waals surface area contributed by atoms with E-state index in [0.717, 1.165) is 12.8 Å². The number of aryl methyl sites for hydroxylation is 2. The van der Waals surface area contributed by atoms with Gasteiger partial charge >= 0.3 is 0 Å². The van der Waals surface area contributed by atoms with Gasteiger partial charge in [-0.3, -0.25) is 4.98 Å². The molecule has 1 rings (SSSR count). The smallest absolute Gasteiger partial charge is 0.0409 e. The van der Waals surface area contributed by atoms with Gasteiger partial charge in [0.05, 0.1) is 0 Å². The van der Waals surface area contributed by atoms with Gasteiger partial charge in [0.1, 0.15) is 0 Å². The molecule has 1 heteroatoms. The molecule has 257 valence electrons. The van der Waals surface area contributed by atoms with Crippen LogP contribution < -0.4 is 0 Å². The van der Waals surface area contributed by atoms with E-state index in [9.17, 15) is 0 Å². The molecule has 1 heterocycles. The fraction of sp³-hybridized carbons (Fsp3) is 0.860. The van der Waals surface area contributed by atoms with Crippen LogP contribution in [0.5, 0.6) is 0 Å². The maximum atomic E-state index is 5.08. The average molecular weight is 611 g/mol. The van der Waals surface area contributed by atoms with Crippen molar-refractivity contribution >= 4 is 0 Å². The second-order valence-electron chi connectivity index (χ2n) is 14.3. The first-order chi connectivity index (χ1) is 21.8. The molecule has 0 amide bonds. The highest BCUT2D eigenvalue weighted by Gasteiger charge is 2.04. The van der Waals surface area contributed by atoms with Gasteiger partial charge in [-0.05, 0) is 49.8 Å². The van der Waals surface area contributed by atoms with Crippen LogP contribution in [-0.2, 0) is 12.8 Å². The fourth-order valence-corrected chi connectivity index (χ4v) is 6.81. The molecule has 0 aliphatic carbocycles. The lowest BCUT2D eigenvalue weighted by Crippen LogP contribution is -1.99. The summed E-state index contributed by atoms with van der Waals surface area (Å²) in [6.07, 6.45) is 50.4. The fourth-order valence-electron chi connectivity index (χ4n) is 6.81. The Morgan fingerprint density at radius 3 is 0.818 bits per heavy atom. The molecule has 0 saturated carbocycles. The van der Waals surface area contributed by atoms with E-state index in [2.05, 4.69) is 39.3 Å². The lowest BCUT2D eigenvalue weighted by Gasteiger charge is -2.09. The quantitative estimate of drug-likeness (QED) is 0.0697. The van der Waals surface area contributed by atoms with E-state index in [0.29, 0.717) is 0 Å². The van der Waals surface area contributed by atoms with Gasteiger partial charge in [-0.15, -0.1) is 0 Å². The first-order valence-corrected chi connectivity index (χ1v) is 20.6. The molecule has 0 bridgehead atoms. The summed E-state index contributed by atoms with van der Waals surface area (Å²) in [6.45, 7) is 6.78. The van der Waals surface area contributed by atoms with Gasteiger partial charge in [-0.1, -0.05) is 213 Å². The molecule has 0 spiro atoms. The Balaban J connectivity index is 1.97. The summed E-state index contributed by atoms with van der Waals surface area (Å²) < 4.78 is 0. The van der Waals surface area contributed by atoms with Gasteiger partial charge in [-0.2, -0.15) is 0 Å². The van der Waals surface area contributed by atoms with Crippen LogP contribution in [0, 0.1) is 6.42 Å². The first kappa shape index (κ1) is 41.2. The van der Waals surface area contributed by atoms with Crippen molar-refractivity contribution in [1.29, 1.82) is 0 Å². The molecule has 0 aliphatic rings. The minimum atomic E-state index is 1.16. The van der Waals surface area contributed by atoms with Gasteiger partial charge in [0.2, 0.25) is 0 Å². The Labute approximate surface area is 279 Å². The molecule has 0 atom stereocenters. The minimum Gasteiger partial charge on any atom is -0.258 e. The second-order valence-corrected chi connectivity index (χ2v) is 14.3. The molecule has 0 aliphatic heterocycles. The van der Waals surface area contributed by atoms with Crippen molar-refractivity contribution in [2.45, 2.75) is 239 Å². The molecule has 0 saturated heterocycles. The van der Waals surface area contributed by atoms with Crippen LogP contribution in [0.15, 0.2) is 12.1 Å². The van der Waals surface area contributed by atoms with Crippen molar-refractivity contribution in [2.24, 2.45) is 0 Å². The van der Waals surface area contributed by atoms with Crippen LogP contribution in [0.4, 0.5) is 0 Å². The second kappa shape index (κ2) is 33.5. The van der Waals surface area contributed by atoms with Crippen molar-refractivity contribution < 1.29 is 0 Å². The standard InChI is InChI=1S/C43H80N/c1-4-7-9-11-13-15-17-19-21-23-25-27-29-31-33-35-37-42-39-41(6-3)40-43(44-42)38-36-34-32-30-28-26-24-22-20-18-16-14-12-10-8-5-2/h6,39-40H,4-5,7-38H2,1-3H3. The van der Waals surface area contributed by atoms with Crippen molar-refractivity contribution in [3.8, 4) is 0 Å². The van der Waals surface area contributed by atoms with Crippen LogP contribution in [-0.4, -0.2) is 4.98 Å². The van der Waals surface area contributed by atoms with Gasteiger partial charge < -0.3 is 0 Å². The monoisotopic (exact) mass is 611 g/mol. The summed E-state index contributed by atoms with van der Waals surface area (Å²) in [6, 6.07) is 4.67. The number of nitrogens with zero attached hydrogens (tertiary/aromatic N) is 1. The Hall–Kier alpha value is -0.850. The molecule has 44 heavy (non-hydrogen) atoms. The Bertz CT molecular complexity index is 640. The lowest BCUT2D eigenvalue weighted by atomic mass is 10.0. The summed E-state index contributed by atoms with van der Waals surface area (Å²) in [5.41, 5.74) is 4.04. The van der Waals surface area contributed by atoms with E-state index >= 15 is 0 Å². The zero-order chi connectivity index (χ0) is 31.6. The maximum absolute atomic E-state index is 5.08. The molecule has 0 unspecified atom stereocenters. The average Bonchev–Trinajstić information content (AvgIpc) is 3.04. The summed E-state index contributed by atoms with van der Waals surface area (Å²) >= 11 is 0. The molecular formula is C43H80N. The highest BCUT2D eigenvalue weighted by molar-refractivity contribution is 5.27. The Morgan fingerprint density at radius 1 is 0.364 bits per heavy atom. The van der Waals surface area contributed by atoms with E-state index in [1.807, 2.05) is 0 Å². The summed E-state index contributed by atoms with van der Waals surface area (Å²) in [5.74, 6) is 0. The number of unbranched alkanes of at least 4 members (excludes halogenated alkanes) is 30. The first-order valence-electron chi connectivity index (χ1n) is 20.6. The van der Waals surface area contributed by atoms with Gasteiger partial charge in [0.15, 0.2) is 0 Å². The predicted octanol–water partition coefficient (Wildman–Crippen LogP) is 15.3. The van der Waals surface area contributed by atoms with E-state index < -0.39 is 0 Å². The van der Waals surface area contributed by atoms with E-state index in [1.54, 1.807) is 0 Å². The Kier molecular flexibility index (Phi) is 31.4. The van der Waals surface area contributed by atoms with Crippen LogP contribution in [0.25, 0.3) is 0 Å². The van der Waals surface area contributed by atoms with Crippen molar-refractivity contribution in [2.75, 3.05) is 0 Å². The third-order valence-electron chi connectivity index (χ3n) is 9.86. The molecule has 1 radical (unpaired) electrons. The summed E-state index contributed by atoms with van der Waals surface area (Å²) in [7, 11) is 0. The van der Waals surface area contributed by atoms with Crippen LogP contribution in [0.1, 0.15) is 243 Å². The highest BCUT2D eigenvalue weighted by atomic mass is 14.7.